The number of β-amino-alcohol motifs (C(OH)–C–C–N with tert-alkyl or cyclic N) is 1. The lowest BCUT2D eigenvalue weighted by Gasteiger charge is -2.37. The number of ether oxygens (including phenoxy) is 2. The molecule has 0 aromatic heterocycles. The summed E-state index contributed by atoms with van der Waals surface area (Å²) in [7, 11) is 1.69. The molecule has 0 aliphatic carbocycles. The number of hydrogen-bond acceptors (Lipinski definition) is 6. The maximum Gasteiger partial charge on any atom is 0.221 e. The van der Waals surface area contributed by atoms with Gasteiger partial charge in [-0.3, -0.25) is 9.69 Å². The van der Waals surface area contributed by atoms with E-state index in [4.69, 9.17) is 9.47 Å². The third-order valence-corrected chi connectivity index (χ3v) is 5.14. The van der Waals surface area contributed by atoms with Crippen LogP contribution in [-0.4, -0.2) is 68.5 Å². The number of carbonyl (C=O) groups is 1. The van der Waals surface area contributed by atoms with Crippen LogP contribution in [0.3, 0.4) is 0 Å². The quantitative estimate of drug-likeness (QED) is 0.693. The van der Waals surface area contributed by atoms with Crippen LogP contribution in [0.5, 0.6) is 11.5 Å². The number of anilines is 2. The number of para-hydroxylation sites is 2. The topological polar surface area (TPSA) is 74.3 Å². The van der Waals surface area contributed by atoms with Crippen molar-refractivity contribution in [1.82, 2.24) is 4.90 Å². The molecule has 1 amide bonds. The van der Waals surface area contributed by atoms with E-state index in [1.54, 1.807) is 7.11 Å². The zero-order valence-corrected chi connectivity index (χ0v) is 17.9. The van der Waals surface area contributed by atoms with Gasteiger partial charge in [0.25, 0.3) is 0 Å². The van der Waals surface area contributed by atoms with Gasteiger partial charge in [-0.2, -0.15) is 0 Å². The zero-order valence-electron chi connectivity index (χ0n) is 17.9. The fourth-order valence-electron chi connectivity index (χ4n) is 3.66. The third kappa shape index (κ3) is 5.87. The molecule has 0 saturated carbocycles. The minimum absolute atomic E-state index is 0.154. The Morgan fingerprint density at radius 3 is 2.57 bits per heavy atom. The van der Waals surface area contributed by atoms with E-state index in [9.17, 15) is 9.90 Å². The van der Waals surface area contributed by atoms with Gasteiger partial charge in [0.15, 0.2) is 0 Å². The van der Waals surface area contributed by atoms with Crippen molar-refractivity contribution in [3.63, 3.8) is 0 Å². The predicted octanol–water partition coefficient (Wildman–Crippen LogP) is 2.52. The lowest BCUT2D eigenvalue weighted by Crippen LogP contribution is -2.49. The number of amides is 1. The third-order valence-electron chi connectivity index (χ3n) is 5.14. The van der Waals surface area contributed by atoms with Gasteiger partial charge < -0.3 is 24.8 Å². The second kappa shape index (κ2) is 10.3. The Balaban J connectivity index is 1.49. The molecule has 2 N–H and O–H groups in total. The predicted molar refractivity (Wildman–Crippen MR) is 119 cm³/mol. The molecule has 0 bridgehead atoms. The van der Waals surface area contributed by atoms with Gasteiger partial charge in [0.1, 0.15) is 24.2 Å². The van der Waals surface area contributed by atoms with Crippen molar-refractivity contribution < 1.29 is 19.4 Å². The van der Waals surface area contributed by atoms with Crippen LogP contribution in [0.2, 0.25) is 0 Å². The molecular weight excluding hydrogens is 382 g/mol. The molecule has 2 aromatic rings. The van der Waals surface area contributed by atoms with Crippen molar-refractivity contribution >= 4 is 17.3 Å². The number of carbonyl (C=O) groups excluding carboxylic acids is 1. The molecule has 7 heteroatoms. The van der Waals surface area contributed by atoms with Gasteiger partial charge in [0, 0.05) is 39.6 Å². The normalized spacial score (nSPS) is 15.5. The van der Waals surface area contributed by atoms with Crippen molar-refractivity contribution in [3.05, 3.63) is 48.0 Å². The van der Waals surface area contributed by atoms with Crippen LogP contribution in [0.1, 0.15) is 12.5 Å². The fraction of sp³-hybridized carbons (Fsp3) is 0.435. The van der Waals surface area contributed by atoms with E-state index >= 15 is 0 Å². The van der Waals surface area contributed by atoms with E-state index in [2.05, 4.69) is 21.2 Å². The number of nitrogens with one attached hydrogen (secondary N) is 1. The van der Waals surface area contributed by atoms with Crippen LogP contribution in [0.4, 0.5) is 11.4 Å². The first-order chi connectivity index (χ1) is 14.5. The van der Waals surface area contributed by atoms with Gasteiger partial charge in [-0.1, -0.05) is 18.2 Å². The smallest absolute Gasteiger partial charge is 0.221 e. The van der Waals surface area contributed by atoms with Crippen LogP contribution in [0, 0.1) is 6.92 Å². The molecule has 2 aromatic carbocycles. The monoisotopic (exact) mass is 413 g/mol. The van der Waals surface area contributed by atoms with Crippen LogP contribution in [0.25, 0.3) is 0 Å². The Morgan fingerprint density at radius 1 is 1.13 bits per heavy atom. The Labute approximate surface area is 178 Å². The van der Waals surface area contributed by atoms with Gasteiger partial charge >= 0.3 is 0 Å². The Morgan fingerprint density at radius 2 is 1.87 bits per heavy atom. The van der Waals surface area contributed by atoms with Crippen molar-refractivity contribution in [3.8, 4) is 11.5 Å². The van der Waals surface area contributed by atoms with Gasteiger partial charge in [0.05, 0.1) is 18.5 Å². The molecule has 0 radical (unpaired) electrons. The van der Waals surface area contributed by atoms with Crippen molar-refractivity contribution in [1.29, 1.82) is 0 Å². The molecule has 1 saturated heterocycles. The largest absolute Gasteiger partial charge is 0.495 e. The highest BCUT2D eigenvalue weighted by atomic mass is 16.5. The summed E-state index contributed by atoms with van der Waals surface area (Å²) in [6.45, 7) is 7.59. The molecule has 1 atom stereocenters. The number of aliphatic hydroxyl groups excluding tert-OH is 1. The van der Waals surface area contributed by atoms with E-state index in [0.29, 0.717) is 18.0 Å². The number of aryl methyl sites for hydroxylation is 1. The van der Waals surface area contributed by atoms with E-state index < -0.39 is 6.10 Å². The number of aliphatic hydroxyl groups is 1. The minimum Gasteiger partial charge on any atom is -0.495 e. The van der Waals surface area contributed by atoms with Gasteiger partial charge in [-0.25, -0.2) is 0 Å². The summed E-state index contributed by atoms with van der Waals surface area (Å²) >= 11 is 0. The van der Waals surface area contributed by atoms with E-state index in [-0.39, 0.29) is 12.5 Å². The number of methoxy groups -OCH3 is 1. The first-order valence-electron chi connectivity index (χ1n) is 10.3. The van der Waals surface area contributed by atoms with Crippen LogP contribution in [-0.2, 0) is 4.79 Å². The molecule has 1 unspecified atom stereocenters. The van der Waals surface area contributed by atoms with Crippen LogP contribution >= 0.6 is 0 Å². The maximum atomic E-state index is 11.4. The molecule has 1 fully saturated rings. The average Bonchev–Trinajstić information content (AvgIpc) is 2.73. The summed E-state index contributed by atoms with van der Waals surface area (Å²) in [6.07, 6.45) is -0.616. The number of nitrogens with zero attached hydrogens (tertiary/aromatic N) is 2. The molecule has 0 spiro atoms. The molecule has 162 valence electrons. The average molecular weight is 414 g/mol. The first-order valence-corrected chi connectivity index (χ1v) is 10.3. The first kappa shape index (κ1) is 21.9. The molecule has 3 rings (SSSR count). The SMILES string of the molecule is COc1ccccc1N1CCN(CC(O)COc2ccc(C)cc2NC(C)=O)CC1. The van der Waals surface area contributed by atoms with E-state index in [1.807, 2.05) is 43.3 Å². The highest BCUT2D eigenvalue weighted by Gasteiger charge is 2.21. The van der Waals surface area contributed by atoms with Crippen molar-refractivity contribution in [2.75, 3.05) is 56.7 Å². The molecule has 7 nitrogen and oxygen atoms in total. The van der Waals surface area contributed by atoms with E-state index in [0.717, 1.165) is 43.2 Å². The zero-order chi connectivity index (χ0) is 21.5. The Bertz CT molecular complexity index is 850. The van der Waals surface area contributed by atoms with Crippen molar-refractivity contribution in [2.45, 2.75) is 20.0 Å². The standard InChI is InChI=1S/C23H31N3O4/c1-17-8-9-22(20(14-17)24-18(2)27)30-16-19(28)15-25-10-12-26(13-11-25)21-6-4-5-7-23(21)29-3/h4-9,14,19,28H,10-13,15-16H2,1-3H3,(H,24,27). The summed E-state index contributed by atoms with van der Waals surface area (Å²) in [4.78, 5) is 16.0. The second-order valence-electron chi connectivity index (χ2n) is 7.61. The Kier molecular flexibility index (Phi) is 7.54. The molecule has 30 heavy (non-hydrogen) atoms. The summed E-state index contributed by atoms with van der Waals surface area (Å²) in [6, 6.07) is 13.6. The second-order valence-corrected chi connectivity index (χ2v) is 7.61. The van der Waals surface area contributed by atoms with Gasteiger partial charge in [-0.05, 0) is 36.8 Å². The number of rotatable bonds is 8. The fourth-order valence-corrected chi connectivity index (χ4v) is 3.66. The molecular formula is C23H31N3O4. The Hall–Kier alpha value is -2.77. The molecule has 1 heterocycles. The minimum atomic E-state index is -0.616. The highest BCUT2D eigenvalue weighted by Crippen LogP contribution is 2.28. The summed E-state index contributed by atoms with van der Waals surface area (Å²) in [5.74, 6) is 1.29. The molecule has 1 aliphatic rings. The summed E-state index contributed by atoms with van der Waals surface area (Å²) in [5, 5.41) is 13.2. The lowest BCUT2D eigenvalue weighted by molar-refractivity contribution is -0.114. The number of hydrogen-bond donors (Lipinski definition) is 2. The van der Waals surface area contributed by atoms with Gasteiger partial charge in [-0.15, -0.1) is 0 Å². The number of benzene rings is 2. The van der Waals surface area contributed by atoms with E-state index in [1.165, 1.54) is 6.92 Å². The van der Waals surface area contributed by atoms with Crippen LogP contribution in [0.15, 0.2) is 42.5 Å². The number of piperazine rings is 1. The summed E-state index contributed by atoms with van der Waals surface area (Å²) in [5.41, 5.74) is 2.76. The maximum absolute atomic E-state index is 11.4. The summed E-state index contributed by atoms with van der Waals surface area (Å²) < 4.78 is 11.3. The van der Waals surface area contributed by atoms with Crippen molar-refractivity contribution in [2.24, 2.45) is 0 Å². The lowest BCUT2D eigenvalue weighted by atomic mass is 10.2. The van der Waals surface area contributed by atoms with Gasteiger partial charge in [0.2, 0.25) is 5.91 Å². The molecule has 1 aliphatic heterocycles. The highest BCUT2D eigenvalue weighted by molar-refractivity contribution is 5.90. The van der Waals surface area contributed by atoms with Crippen LogP contribution < -0.4 is 19.7 Å².